The first-order valence-corrected chi connectivity index (χ1v) is 12.5. The van der Waals surface area contributed by atoms with Crippen molar-refractivity contribution in [1.29, 1.82) is 0 Å². The first-order chi connectivity index (χ1) is 16.2. The third-order valence-electron chi connectivity index (χ3n) is 7.24. The highest BCUT2D eigenvalue weighted by molar-refractivity contribution is 7.80. The maximum absolute atomic E-state index is 5.65. The van der Waals surface area contributed by atoms with Crippen LogP contribution in [0.25, 0.3) is 0 Å². The summed E-state index contributed by atoms with van der Waals surface area (Å²) in [5, 5.41) is 7.51. The van der Waals surface area contributed by atoms with Gasteiger partial charge in [-0.1, -0.05) is 73.9 Å². The Hall–Kier alpha value is -2.92. The lowest BCUT2D eigenvalue weighted by atomic mass is 9.69. The minimum absolute atomic E-state index is 0.165. The Morgan fingerprint density at radius 3 is 2.42 bits per heavy atom. The number of aromatic nitrogens is 1. The number of anilines is 2. The van der Waals surface area contributed by atoms with Gasteiger partial charge >= 0.3 is 0 Å². The zero-order chi connectivity index (χ0) is 22.5. The first-order valence-electron chi connectivity index (χ1n) is 12.1. The highest BCUT2D eigenvalue weighted by Gasteiger charge is 2.33. The summed E-state index contributed by atoms with van der Waals surface area (Å²) in [7, 11) is 0. The van der Waals surface area contributed by atoms with Gasteiger partial charge < -0.3 is 15.5 Å². The van der Waals surface area contributed by atoms with Crippen LogP contribution < -0.4 is 15.5 Å². The Kier molecular flexibility index (Phi) is 6.58. The molecule has 1 fully saturated rings. The topological polar surface area (TPSA) is 40.2 Å². The van der Waals surface area contributed by atoms with Gasteiger partial charge in [-0.25, -0.2) is 4.98 Å². The monoisotopic (exact) mass is 456 g/mol. The fourth-order valence-corrected chi connectivity index (χ4v) is 5.54. The molecule has 0 bridgehead atoms. The van der Waals surface area contributed by atoms with Crippen molar-refractivity contribution in [1.82, 2.24) is 10.3 Å². The van der Waals surface area contributed by atoms with Crippen LogP contribution in [-0.2, 0) is 18.4 Å². The van der Waals surface area contributed by atoms with Gasteiger partial charge in [0.2, 0.25) is 0 Å². The summed E-state index contributed by atoms with van der Waals surface area (Å²) in [5.74, 6) is 1.01. The first kappa shape index (κ1) is 21.9. The molecule has 2 heterocycles. The molecule has 1 aliphatic carbocycles. The highest BCUT2D eigenvalue weighted by atomic mass is 32.1. The zero-order valence-electron chi connectivity index (χ0n) is 19.1. The van der Waals surface area contributed by atoms with Crippen molar-refractivity contribution >= 4 is 28.8 Å². The van der Waals surface area contributed by atoms with Gasteiger partial charge in [0.1, 0.15) is 5.82 Å². The Bertz CT molecular complexity index is 1070. The van der Waals surface area contributed by atoms with E-state index in [1.165, 1.54) is 48.8 Å². The minimum Gasteiger partial charge on any atom is -0.362 e. The van der Waals surface area contributed by atoms with Crippen molar-refractivity contribution < 1.29 is 0 Å². The lowest BCUT2D eigenvalue weighted by Gasteiger charge is -2.38. The van der Waals surface area contributed by atoms with E-state index in [-0.39, 0.29) is 5.41 Å². The Labute approximate surface area is 202 Å². The SMILES string of the molecule is S=C(NCC1(c2ccccc2)CCCCC1)Nc1ccc(N2CCc3ccccc3C2)nc1. The Balaban J connectivity index is 1.19. The summed E-state index contributed by atoms with van der Waals surface area (Å²) in [5.41, 5.74) is 5.36. The molecule has 5 heteroatoms. The van der Waals surface area contributed by atoms with Crippen LogP contribution in [-0.4, -0.2) is 23.2 Å². The van der Waals surface area contributed by atoms with Crippen molar-refractivity contribution in [2.75, 3.05) is 23.3 Å². The Morgan fingerprint density at radius 1 is 0.909 bits per heavy atom. The second kappa shape index (κ2) is 9.92. The molecule has 1 aliphatic heterocycles. The average Bonchev–Trinajstić information content (AvgIpc) is 2.89. The molecule has 0 radical (unpaired) electrons. The highest BCUT2D eigenvalue weighted by Crippen LogP contribution is 2.39. The van der Waals surface area contributed by atoms with Crippen molar-refractivity contribution in [2.45, 2.75) is 50.5 Å². The molecule has 0 unspecified atom stereocenters. The smallest absolute Gasteiger partial charge is 0.170 e. The summed E-state index contributed by atoms with van der Waals surface area (Å²) >= 11 is 5.65. The van der Waals surface area contributed by atoms with Crippen LogP contribution >= 0.6 is 12.2 Å². The molecule has 1 aromatic heterocycles. The molecular weight excluding hydrogens is 424 g/mol. The molecule has 2 aliphatic rings. The second-order valence-electron chi connectivity index (χ2n) is 9.36. The van der Waals surface area contributed by atoms with E-state index >= 15 is 0 Å². The molecule has 2 N–H and O–H groups in total. The molecule has 0 saturated heterocycles. The molecule has 3 aromatic rings. The third kappa shape index (κ3) is 5.03. The van der Waals surface area contributed by atoms with Crippen LogP contribution in [0.1, 0.15) is 48.8 Å². The number of rotatable bonds is 5. The minimum atomic E-state index is 0.165. The molecule has 1 saturated carbocycles. The zero-order valence-corrected chi connectivity index (χ0v) is 19.9. The van der Waals surface area contributed by atoms with Crippen molar-refractivity contribution in [3.8, 4) is 0 Å². The Morgan fingerprint density at radius 2 is 1.67 bits per heavy atom. The lowest BCUT2D eigenvalue weighted by molar-refractivity contribution is 0.292. The average molecular weight is 457 g/mol. The van der Waals surface area contributed by atoms with Gasteiger partial charge in [0.05, 0.1) is 11.9 Å². The summed E-state index contributed by atoms with van der Waals surface area (Å²) in [4.78, 5) is 7.06. The predicted octanol–water partition coefficient (Wildman–Crippen LogP) is 5.83. The number of pyridine rings is 1. The fourth-order valence-electron chi connectivity index (χ4n) is 5.35. The number of hydrogen-bond acceptors (Lipinski definition) is 3. The maximum Gasteiger partial charge on any atom is 0.170 e. The van der Waals surface area contributed by atoms with Crippen LogP contribution in [0, 0.1) is 0 Å². The van der Waals surface area contributed by atoms with E-state index in [0.717, 1.165) is 37.6 Å². The van der Waals surface area contributed by atoms with E-state index in [1.54, 1.807) is 0 Å². The van der Waals surface area contributed by atoms with Gasteiger partial charge in [-0.2, -0.15) is 0 Å². The van der Waals surface area contributed by atoms with Crippen LogP contribution in [0.15, 0.2) is 72.9 Å². The number of hydrogen-bond donors (Lipinski definition) is 2. The molecule has 33 heavy (non-hydrogen) atoms. The van der Waals surface area contributed by atoms with Crippen LogP contribution in [0.5, 0.6) is 0 Å². The molecule has 4 nitrogen and oxygen atoms in total. The summed E-state index contributed by atoms with van der Waals surface area (Å²) in [6.07, 6.45) is 9.26. The second-order valence-corrected chi connectivity index (χ2v) is 9.77. The molecular formula is C28H32N4S. The van der Waals surface area contributed by atoms with E-state index in [9.17, 15) is 0 Å². The third-order valence-corrected chi connectivity index (χ3v) is 7.49. The number of fused-ring (bicyclic) bond motifs is 1. The van der Waals surface area contributed by atoms with Gasteiger partial charge in [-0.15, -0.1) is 0 Å². The van der Waals surface area contributed by atoms with Gasteiger partial charge in [-0.3, -0.25) is 0 Å². The molecule has 0 amide bonds. The number of nitrogens with zero attached hydrogens (tertiary/aromatic N) is 2. The van der Waals surface area contributed by atoms with E-state index in [0.29, 0.717) is 5.11 Å². The molecule has 5 rings (SSSR count). The van der Waals surface area contributed by atoms with E-state index in [2.05, 4.69) is 82.3 Å². The number of benzene rings is 2. The normalized spacial score (nSPS) is 17.2. The van der Waals surface area contributed by atoms with Crippen LogP contribution in [0.4, 0.5) is 11.5 Å². The van der Waals surface area contributed by atoms with Gasteiger partial charge in [0, 0.05) is 25.0 Å². The molecule has 0 spiro atoms. The summed E-state index contributed by atoms with van der Waals surface area (Å²) < 4.78 is 0. The van der Waals surface area contributed by atoms with Crippen molar-refractivity contribution in [3.63, 3.8) is 0 Å². The van der Waals surface area contributed by atoms with Gasteiger partial charge in [-0.05, 0) is 60.3 Å². The summed E-state index contributed by atoms with van der Waals surface area (Å²) in [6.45, 7) is 2.78. The predicted molar refractivity (Wildman–Crippen MR) is 141 cm³/mol. The van der Waals surface area contributed by atoms with Gasteiger partial charge in [0.15, 0.2) is 5.11 Å². The number of nitrogens with one attached hydrogen (secondary N) is 2. The maximum atomic E-state index is 5.65. The van der Waals surface area contributed by atoms with E-state index in [4.69, 9.17) is 17.2 Å². The van der Waals surface area contributed by atoms with Gasteiger partial charge in [0.25, 0.3) is 0 Å². The quantitative estimate of drug-likeness (QED) is 0.473. The lowest BCUT2D eigenvalue weighted by Crippen LogP contribution is -2.43. The van der Waals surface area contributed by atoms with Crippen LogP contribution in [0.3, 0.4) is 0 Å². The molecule has 0 atom stereocenters. The molecule has 170 valence electrons. The van der Waals surface area contributed by atoms with Crippen LogP contribution in [0.2, 0.25) is 0 Å². The summed E-state index contributed by atoms with van der Waals surface area (Å²) in [6, 6.07) is 23.8. The fraction of sp³-hybridized carbons (Fsp3) is 0.357. The largest absolute Gasteiger partial charge is 0.362 e. The molecule has 2 aromatic carbocycles. The van der Waals surface area contributed by atoms with Crippen molar-refractivity contribution in [3.05, 3.63) is 89.6 Å². The number of thiocarbonyl (C=S) groups is 1. The van der Waals surface area contributed by atoms with E-state index < -0.39 is 0 Å². The van der Waals surface area contributed by atoms with Crippen molar-refractivity contribution in [2.24, 2.45) is 0 Å². The standard InChI is InChI=1S/C28H32N4S/c33-27(30-21-28(16-7-2-8-17-28)24-11-3-1-4-12-24)31-25-13-14-26(29-19-25)32-18-15-22-9-5-6-10-23(22)20-32/h1,3-6,9-14,19H,2,7-8,15-18,20-21H2,(H2,30,31,33). The van der Waals surface area contributed by atoms with E-state index in [1.807, 2.05) is 6.20 Å².